The Hall–Kier alpha value is -1.72. The molecule has 3 N–H and O–H groups in total. The number of nitrogens with two attached hydrogens (primary N) is 1. The van der Waals surface area contributed by atoms with Gasteiger partial charge in [0.1, 0.15) is 5.82 Å². The SMILES string of the molecule is NCc1cc2c(nc1Nc1ccc(Cl)cc1Cl)-c1ccccc1SC2. The van der Waals surface area contributed by atoms with E-state index in [1.54, 1.807) is 12.1 Å². The maximum absolute atomic E-state index is 6.29. The van der Waals surface area contributed by atoms with E-state index < -0.39 is 0 Å². The smallest absolute Gasteiger partial charge is 0.135 e. The van der Waals surface area contributed by atoms with Crippen molar-refractivity contribution in [1.29, 1.82) is 0 Å². The second kappa shape index (κ2) is 6.89. The van der Waals surface area contributed by atoms with Crippen LogP contribution in [0.4, 0.5) is 11.5 Å². The van der Waals surface area contributed by atoms with Crippen molar-refractivity contribution in [1.82, 2.24) is 4.98 Å². The first-order valence-corrected chi connectivity index (χ1v) is 9.57. The summed E-state index contributed by atoms with van der Waals surface area (Å²) in [4.78, 5) is 6.14. The Morgan fingerprint density at radius 2 is 1.96 bits per heavy atom. The van der Waals surface area contributed by atoms with Gasteiger partial charge in [-0.05, 0) is 35.9 Å². The van der Waals surface area contributed by atoms with Crippen molar-refractivity contribution < 1.29 is 0 Å². The Morgan fingerprint density at radius 1 is 1.12 bits per heavy atom. The Morgan fingerprint density at radius 3 is 2.76 bits per heavy atom. The zero-order valence-electron chi connectivity index (χ0n) is 13.2. The summed E-state index contributed by atoms with van der Waals surface area (Å²) in [6.45, 7) is 0.403. The van der Waals surface area contributed by atoms with Gasteiger partial charge in [-0.3, -0.25) is 0 Å². The van der Waals surface area contributed by atoms with E-state index >= 15 is 0 Å². The summed E-state index contributed by atoms with van der Waals surface area (Å²) in [5.74, 6) is 1.63. The maximum Gasteiger partial charge on any atom is 0.135 e. The lowest BCUT2D eigenvalue weighted by Gasteiger charge is -2.21. The Kier molecular flexibility index (Phi) is 4.61. The van der Waals surface area contributed by atoms with Crippen LogP contribution in [0.15, 0.2) is 53.4 Å². The van der Waals surface area contributed by atoms with Crippen LogP contribution in [-0.2, 0) is 12.3 Å². The van der Waals surface area contributed by atoms with Gasteiger partial charge in [0.25, 0.3) is 0 Å². The molecule has 3 nitrogen and oxygen atoms in total. The first-order chi connectivity index (χ1) is 12.2. The molecule has 0 atom stereocenters. The van der Waals surface area contributed by atoms with Crippen molar-refractivity contribution in [3.63, 3.8) is 0 Å². The van der Waals surface area contributed by atoms with Gasteiger partial charge in [0.05, 0.1) is 16.4 Å². The topological polar surface area (TPSA) is 50.9 Å². The van der Waals surface area contributed by atoms with Gasteiger partial charge in [-0.2, -0.15) is 0 Å². The first kappa shape index (κ1) is 16.7. The number of hydrogen-bond acceptors (Lipinski definition) is 4. The molecule has 6 heteroatoms. The molecule has 1 aliphatic rings. The fourth-order valence-electron chi connectivity index (χ4n) is 2.87. The number of nitrogens with zero attached hydrogens (tertiary/aromatic N) is 1. The molecule has 1 aliphatic heterocycles. The van der Waals surface area contributed by atoms with Crippen molar-refractivity contribution >= 4 is 46.5 Å². The molecule has 0 amide bonds. The second-order valence-corrected chi connectivity index (χ2v) is 7.60. The summed E-state index contributed by atoms with van der Waals surface area (Å²) in [5.41, 5.74) is 11.0. The van der Waals surface area contributed by atoms with Crippen LogP contribution in [0.5, 0.6) is 0 Å². The van der Waals surface area contributed by atoms with Crippen molar-refractivity contribution in [3.8, 4) is 11.3 Å². The third-order valence-electron chi connectivity index (χ3n) is 4.11. The van der Waals surface area contributed by atoms with Crippen LogP contribution in [0.1, 0.15) is 11.1 Å². The van der Waals surface area contributed by atoms with Crippen LogP contribution in [0, 0.1) is 0 Å². The lowest BCUT2D eigenvalue weighted by molar-refractivity contribution is 1.04. The van der Waals surface area contributed by atoms with Gasteiger partial charge in [0, 0.05) is 33.3 Å². The quantitative estimate of drug-likeness (QED) is 0.590. The third kappa shape index (κ3) is 3.23. The van der Waals surface area contributed by atoms with Crippen LogP contribution in [0.2, 0.25) is 10.0 Å². The molecule has 2 aromatic carbocycles. The Bertz CT molecular complexity index is 959. The van der Waals surface area contributed by atoms with Gasteiger partial charge in [0.2, 0.25) is 0 Å². The Balaban J connectivity index is 1.81. The highest BCUT2D eigenvalue weighted by Gasteiger charge is 2.20. The van der Waals surface area contributed by atoms with Crippen LogP contribution in [0.25, 0.3) is 11.3 Å². The molecule has 0 spiro atoms. The predicted molar refractivity (Wildman–Crippen MR) is 107 cm³/mol. The lowest BCUT2D eigenvalue weighted by atomic mass is 10.0. The average Bonchev–Trinajstić information content (AvgIpc) is 2.63. The number of hydrogen-bond donors (Lipinski definition) is 2. The summed E-state index contributed by atoms with van der Waals surface area (Å²) in [5, 5.41) is 4.45. The molecule has 0 bridgehead atoms. The van der Waals surface area contributed by atoms with Crippen LogP contribution in [0.3, 0.4) is 0 Å². The highest BCUT2D eigenvalue weighted by atomic mass is 35.5. The van der Waals surface area contributed by atoms with Crippen LogP contribution in [-0.4, -0.2) is 4.98 Å². The number of rotatable bonds is 3. The average molecular weight is 388 g/mol. The molecule has 0 fully saturated rings. The van der Waals surface area contributed by atoms with E-state index in [1.807, 2.05) is 23.9 Å². The first-order valence-electron chi connectivity index (χ1n) is 7.83. The second-order valence-electron chi connectivity index (χ2n) is 5.74. The molecule has 0 radical (unpaired) electrons. The predicted octanol–water partition coefficient (Wildman–Crippen LogP) is 5.86. The molecule has 0 unspecified atom stereocenters. The van der Waals surface area contributed by atoms with Gasteiger partial charge in [-0.1, -0.05) is 41.4 Å². The number of nitrogens with one attached hydrogen (secondary N) is 1. The number of fused-ring (bicyclic) bond motifs is 3. The van der Waals surface area contributed by atoms with E-state index in [4.69, 9.17) is 33.9 Å². The molecule has 4 rings (SSSR count). The number of anilines is 2. The van der Waals surface area contributed by atoms with Crippen molar-refractivity contribution in [2.75, 3.05) is 5.32 Å². The number of benzene rings is 2. The van der Waals surface area contributed by atoms with Crippen LogP contribution < -0.4 is 11.1 Å². The molecular formula is C19H15Cl2N3S. The van der Waals surface area contributed by atoms with Gasteiger partial charge >= 0.3 is 0 Å². The Labute approximate surface area is 160 Å². The molecule has 2 heterocycles. The van der Waals surface area contributed by atoms with Crippen molar-refractivity contribution in [2.24, 2.45) is 5.73 Å². The number of halogens is 2. The molecule has 25 heavy (non-hydrogen) atoms. The minimum Gasteiger partial charge on any atom is -0.339 e. The van der Waals surface area contributed by atoms with E-state index in [9.17, 15) is 0 Å². The van der Waals surface area contributed by atoms with E-state index in [2.05, 4.69) is 29.6 Å². The minimum atomic E-state index is 0.403. The molecule has 0 saturated heterocycles. The summed E-state index contributed by atoms with van der Waals surface area (Å²) in [6, 6.07) is 15.8. The van der Waals surface area contributed by atoms with E-state index in [0.29, 0.717) is 16.6 Å². The number of thioether (sulfide) groups is 1. The minimum absolute atomic E-state index is 0.403. The molecule has 0 aliphatic carbocycles. The standard InChI is InChI=1S/C19H15Cl2N3S/c20-13-5-6-16(15(21)8-13)23-19-11(9-22)7-12-10-25-17-4-2-1-3-14(17)18(12)24-19/h1-8H,9-10,22H2,(H,23,24). The zero-order chi connectivity index (χ0) is 17.4. The fraction of sp³-hybridized carbons (Fsp3) is 0.105. The summed E-state index contributed by atoms with van der Waals surface area (Å²) in [7, 11) is 0. The molecule has 126 valence electrons. The third-order valence-corrected chi connectivity index (χ3v) is 5.78. The normalized spacial score (nSPS) is 12.4. The van der Waals surface area contributed by atoms with Crippen molar-refractivity contribution in [2.45, 2.75) is 17.2 Å². The fourth-order valence-corrected chi connectivity index (χ4v) is 4.35. The number of pyridine rings is 1. The summed E-state index contributed by atoms with van der Waals surface area (Å²) < 4.78 is 0. The van der Waals surface area contributed by atoms with E-state index in [1.165, 1.54) is 10.5 Å². The van der Waals surface area contributed by atoms with E-state index in [-0.39, 0.29) is 0 Å². The summed E-state index contributed by atoms with van der Waals surface area (Å²) in [6.07, 6.45) is 0. The van der Waals surface area contributed by atoms with E-state index in [0.717, 1.165) is 34.1 Å². The monoisotopic (exact) mass is 387 g/mol. The largest absolute Gasteiger partial charge is 0.339 e. The summed E-state index contributed by atoms with van der Waals surface area (Å²) >= 11 is 14.1. The molecule has 3 aromatic rings. The highest BCUT2D eigenvalue weighted by molar-refractivity contribution is 7.98. The number of aromatic nitrogens is 1. The van der Waals surface area contributed by atoms with Crippen LogP contribution >= 0.6 is 35.0 Å². The zero-order valence-corrected chi connectivity index (χ0v) is 15.6. The lowest BCUT2D eigenvalue weighted by Crippen LogP contribution is -2.09. The maximum atomic E-state index is 6.29. The molecule has 1 aromatic heterocycles. The molecular weight excluding hydrogens is 373 g/mol. The van der Waals surface area contributed by atoms with Gasteiger partial charge in [-0.15, -0.1) is 11.8 Å². The highest BCUT2D eigenvalue weighted by Crippen LogP contribution is 2.42. The van der Waals surface area contributed by atoms with Crippen molar-refractivity contribution in [3.05, 3.63) is 69.7 Å². The van der Waals surface area contributed by atoms with Gasteiger partial charge in [0.15, 0.2) is 0 Å². The van der Waals surface area contributed by atoms with Gasteiger partial charge < -0.3 is 11.1 Å². The molecule has 0 saturated carbocycles. The van der Waals surface area contributed by atoms with Gasteiger partial charge in [-0.25, -0.2) is 4.98 Å².